The molecule has 3 aromatic heterocycles. The standard InChI is InChI=1S/C23H27N11O2S/c1-6-18(35)36-12-14(2)26-20-19(16(11-24-3)27-22(29-20)33(4)5)30-31-21-25-13-34(32-21)23-28-15-9-7-8-10-17(15)37-23/h6-10,13-14,24H,1,11-12H2,2-5H3,(H,26,27,29). The Bertz CT molecular complexity index is 1400. The van der Waals surface area contributed by atoms with Crippen LogP contribution in [0.5, 0.6) is 0 Å². The molecule has 0 bridgehead atoms. The molecular formula is C23H27N11O2S. The van der Waals surface area contributed by atoms with Gasteiger partial charge in [0.2, 0.25) is 11.1 Å². The molecule has 0 saturated heterocycles. The summed E-state index contributed by atoms with van der Waals surface area (Å²) in [5.41, 5.74) is 1.92. The molecule has 13 nitrogen and oxygen atoms in total. The molecule has 3 heterocycles. The number of anilines is 2. The Hall–Kier alpha value is -4.30. The lowest BCUT2D eigenvalue weighted by atomic mass is 10.3. The predicted molar refractivity (Wildman–Crippen MR) is 142 cm³/mol. The van der Waals surface area contributed by atoms with E-state index in [-0.39, 0.29) is 18.6 Å². The molecule has 0 aliphatic carbocycles. The first-order chi connectivity index (χ1) is 17.9. The van der Waals surface area contributed by atoms with Gasteiger partial charge < -0.3 is 20.3 Å². The number of rotatable bonds is 11. The molecule has 0 radical (unpaired) electrons. The first-order valence-electron chi connectivity index (χ1n) is 11.4. The van der Waals surface area contributed by atoms with Crippen molar-refractivity contribution < 1.29 is 9.53 Å². The van der Waals surface area contributed by atoms with Gasteiger partial charge >= 0.3 is 5.97 Å². The maximum Gasteiger partial charge on any atom is 0.330 e. The van der Waals surface area contributed by atoms with Gasteiger partial charge in [0.05, 0.1) is 22.0 Å². The minimum absolute atomic E-state index is 0.109. The number of benzene rings is 1. The first-order valence-corrected chi connectivity index (χ1v) is 12.2. The van der Waals surface area contributed by atoms with Crippen molar-refractivity contribution in [1.29, 1.82) is 0 Å². The van der Waals surface area contributed by atoms with Crippen molar-refractivity contribution in [2.75, 3.05) is 38.0 Å². The van der Waals surface area contributed by atoms with E-state index in [0.717, 1.165) is 16.3 Å². The summed E-state index contributed by atoms with van der Waals surface area (Å²) in [4.78, 5) is 31.3. The normalized spacial score (nSPS) is 12.1. The smallest absolute Gasteiger partial charge is 0.330 e. The molecule has 14 heteroatoms. The molecule has 2 N–H and O–H groups in total. The lowest BCUT2D eigenvalue weighted by Gasteiger charge is -2.19. The van der Waals surface area contributed by atoms with E-state index >= 15 is 0 Å². The number of ether oxygens (including phenoxy) is 1. The van der Waals surface area contributed by atoms with Gasteiger partial charge in [-0.05, 0) is 26.1 Å². The van der Waals surface area contributed by atoms with Gasteiger partial charge in [-0.1, -0.05) is 30.0 Å². The third kappa shape index (κ3) is 6.29. The molecule has 0 aliphatic heterocycles. The van der Waals surface area contributed by atoms with Crippen LogP contribution in [-0.4, -0.2) is 69.5 Å². The van der Waals surface area contributed by atoms with Gasteiger partial charge in [-0.2, -0.15) is 14.6 Å². The second-order valence-corrected chi connectivity index (χ2v) is 9.13. The zero-order valence-corrected chi connectivity index (χ0v) is 21.7. The molecule has 1 unspecified atom stereocenters. The maximum absolute atomic E-state index is 11.5. The fourth-order valence-corrected chi connectivity index (χ4v) is 4.06. The number of carbonyl (C=O) groups excluding carboxylic acids is 1. The summed E-state index contributed by atoms with van der Waals surface area (Å²) in [7, 11) is 5.50. The third-order valence-corrected chi connectivity index (χ3v) is 5.94. The minimum Gasteiger partial charge on any atom is -0.460 e. The van der Waals surface area contributed by atoms with Crippen LogP contribution in [0.4, 0.5) is 23.4 Å². The van der Waals surface area contributed by atoms with Crippen LogP contribution in [-0.2, 0) is 16.1 Å². The van der Waals surface area contributed by atoms with E-state index in [1.54, 1.807) is 15.9 Å². The Morgan fingerprint density at radius 1 is 1.27 bits per heavy atom. The van der Waals surface area contributed by atoms with Gasteiger partial charge in [-0.15, -0.1) is 15.3 Å². The zero-order chi connectivity index (χ0) is 26.4. The Balaban J connectivity index is 1.63. The molecule has 37 heavy (non-hydrogen) atoms. The number of nitrogens with one attached hydrogen (secondary N) is 2. The van der Waals surface area contributed by atoms with E-state index in [0.29, 0.717) is 34.8 Å². The summed E-state index contributed by atoms with van der Waals surface area (Å²) < 4.78 is 7.76. The highest BCUT2D eigenvalue weighted by atomic mass is 32.1. The molecule has 1 atom stereocenters. The Labute approximate surface area is 217 Å². The van der Waals surface area contributed by atoms with Crippen LogP contribution in [0.25, 0.3) is 15.3 Å². The molecular weight excluding hydrogens is 494 g/mol. The highest BCUT2D eigenvalue weighted by Gasteiger charge is 2.18. The number of thiazole rings is 1. The average Bonchev–Trinajstić information content (AvgIpc) is 3.53. The fourth-order valence-electron chi connectivity index (χ4n) is 3.17. The number of esters is 1. The second kappa shape index (κ2) is 11.6. The number of aromatic nitrogens is 6. The van der Waals surface area contributed by atoms with E-state index < -0.39 is 5.97 Å². The molecule has 192 valence electrons. The van der Waals surface area contributed by atoms with Gasteiger partial charge in [0.1, 0.15) is 12.9 Å². The second-order valence-electron chi connectivity index (χ2n) is 8.13. The summed E-state index contributed by atoms with van der Waals surface area (Å²) >= 11 is 1.50. The van der Waals surface area contributed by atoms with E-state index in [1.807, 2.05) is 52.3 Å². The first kappa shape index (κ1) is 25.8. The number of hydrogen-bond donors (Lipinski definition) is 2. The SMILES string of the molecule is C=CC(=O)OCC(C)Nc1nc(N(C)C)nc(CNC)c1N=Nc1ncn(-c2nc3ccccc3s2)n1. The zero-order valence-electron chi connectivity index (χ0n) is 20.9. The highest BCUT2D eigenvalue weighted by molar-refractivity contribution is 7.20. The summed E-state index contributed by atoms with van der Waals surface area (Å²) in [5, 5.41) is 20.1. The van der Waals surface area contributed by atoms with Crippen LogP contribution in [0.1, 0.15) is 12.6 Å². The van der Waals surface area contributed by atoms with Crippen molar-refractivity contribution in [2.45, 2.75) is 19.5 Å². The lowest BCUT2D eigenvalue weighted by Crippen LogP contribution is -2.25. The van der Waals surface area contributed by atoms with Crippen molar-refractivity contribution in [3.05, 3.63) is 48.9 Å². The van der Waals surface area contributed by atoms with Crippen LogP contribution in [0.15, 0.2) is 53.5 Å². The lowest BCUT2D eigenvalue weighted by molar-refractivity contribution is -0.137. The summed E-state index contributed by atoms with van der Waals surface area (Å²) in [6.07, 6.45) is 2.66. The van der Waals surface area contributed by atoms with E-state index in [2.05, 4.69) is 52.5 Å². The number of carbonyl (C=O) groups is 1. The van der Waals surface area contributed by atoms with Crippen molar-refractivity contribution in [1.82, 2.24) is 35.0 Å². The molecule has 0 saturated carbocycles. The maximum atomic E-state index is 11.5. The highest BCUT2D eigenvalue weighted by Crippen LogP contribution is 2.31. The number of hydrogen-bond acceptors (Lipinski definition) is 13. The molecule has 0 amide bonds. The van der Waals surface area contributed by atoms with Crippen molar-refractivity contribution in [2.24, 2.45) is 10.2 Å². The van der Waals surface area contributed by atoms with Crippen molar-refractivity contribution >= 4 is 50.9 Å². The Morgan fingerprint density at radius 3 is 2.81 bits per heavy atom. The number of azo groups is 1. The molecule has 0 fully saturated rings. The van der Waals surface area contributed by atoms with Crippen LogP contribution < -0.4 is 15.5 Å². The Kier molecular flexibility index (Phi) is 8.10. The quantitative estimate of drug-likeness (QED) is 0.171. The summed E-state index contributed by atoms with van der Waals surface area (Å²) in [6, 6.07) is 7.58. The summed E-state index contributed by atoms with van der Waals surface area (Å²) in [5.74, 6) is 0.571. The number of fused-ring (bicyclic) bond motifs is 1. The van der Waals surface area contributed by atoms with Crippen LogP contribution in [0, 0.1) is 0 Å². The van der Waals surface area contributed by atoms with Gasteiger partial charge in [-0.25, -0.2) is 14.8 Å². The van der Waals surface area contributed by atoms with Crippen molar-refractivity contribution in [3.63, 3.8) is 0 Å². The molecule has 1 aromatic carbocycles. The minimum atomic E-state index is -0.504. The number of para-hydroxylation sites is 1. The average molecular weight is 522 g/mol. The molecule has 4 rings (SSSR count). The van der Waals surface area contributed by atoms with Crippen LogP contribution in [0.2, 0.25) is 0 Å². The van der Waals surface area contributed by atoms with Crippen LogP contribution >= 0.6 is 11.3 Å². The van der Waals surface area contributed by atoms with E-state index in [4.69, 9.17) is 4.74 Å². The number of nitrogens with zero attached hydrogens (tertiary/aromatic N) is 9. The molecule has 4 aromatic rings. The van der Waals surface area contributed by atoms with Gasteiger partial charge in [0.15, 0.2) is 11.5 Å². The topological polar surface area (TPSA) is 148 Å². The van der Waals surface area contributed by atoms with Gasteiger partial charge in [0.25, 0.3) is 5.95 Å². The van der Waals surface area contributed by atoms with Crippen molar-refractivity contribution in [3.8, 4) is 5.13 Å². The largest absolute Gasteiger partial charge is 0.460 e. The Morgan fingerprint density at radius 2 is 2.08 bits per heavy atom. The van der Waals surface area contributed by atoms with E-state index in [1.165, 1.54) is 11.3 Å². The fraction of sp³-hybridized carbons (Fsp3) is 0.304. The summed E-state index contributed by atoms with van der Waals surface area (Å²) in [6.45, 7) is 5.79. The third-order valence-electron chi connectivity index (χ3n) is 4.91. The van der Waals surface area contributed by atoms with Crippen LogP contribution in [0.3, 0.4) is 0 Å². The van der Waals surface area contributed by atoms with E-state index in [9.17, 15) is 4.79 Å². The van der Waals surface area contributed by atoms with Gasteiger partial charge in [-0.3, -0.25) is 0 Å². The molecule has 0 spiro atoms. The molecule has 0 aliphatic rings. The monoisotopic (exact) mass is 521 g/mol. The van der Waals surface area contributed by atoms with Gasteiger partial charge in [0, 0.05) is 26.7 Å². The predicted octanol–water partition coefficient (Wildman–Crippen LogP) is 3.40.